The van der Waals surface area contributed by atoms with Gasteiger partial charge >= 0.3 is 0 Å². The molecule has 4 heteroatoms. The van der Waals surface area contributed by atoms with Gasteiger partial charge in [-0.05, 0) is 24.6 Å². The van der Waals surface area contributed by atoms with Crippen molar-refractivity contribution in [1.29, 1.82) is 0 Å². The molecule has 1 aromatic heterocycles. The molecule has 0 saturated heterocycles. The number of rotatable bonds is 3. The number of fused-ring (bicyclic) bond motifs is 1. The van der Waals surface area contributed by atoms with E-state index in [4.69, 9.17) is 10.2 Å². The van der Waals surface area contributed by atoms with Gasteiger partial charge in [-0.25, -0.2) is 0 Å². The van der Waals surface area contributed by atoms with Crippen molar-refractivity contribution in [2.75, 3.05) is 11.1 Å². The Balaban J connectivity index is 1.88. The molecule has 0 radical (unpaired) electrons. The highest BCUT2D eigenvalue weighted by Gasteiger charge is 2.11. The maximum Gasteiger partial charge on any atom is 0.296 e. The van der Waals surface area contributed by atoms with Crippen LogP contribution >= 0.6 is 0 Å². The lowest BCUT2D eigenvalue weighted by atomic mass is 10.1. The van der Waals surface area contributed by atoms with E-state index < -0.39 is 0 Å². The van der Waals surface area contributed by atoms with E-state index in [0.717, 1.165) is 0 Å². The number of para-hydroxylation sites is 1. The van der Waals surface area contributed by atoms with Crippen molar-refractivity contribution in [3.05, 3.63) is 54.1 Å². The third kappa shape index (κ3) is 2.25. The van der Waals surface area contributed by atoms with Gasteiger partial charge in [0.05, 0.1) is 11.7 Å². The molecule has 3 aromatic rings. The maximum absolute atomic E-state index is 5.86. The number of benzene rings is 2. The number of anilines is 2. The Morgan fingerprint density at radius 1 is 1.11 bits per heavy atom. The van der Waals surface area contributed by atoms with Gasteiger partial charge in [-0.3, -0.25) is 0 Å². The molecule has 96 valence electrons. The first-order chi connectivity index (χ1) is 9.24. The van der Waals surface area contributed by atoms with Crippen LogP contribution < -0.4 is 11.1 Å². The van der Waals surface area contributed by atoms with Crippen LogP contribution in [0.1, 0.15) is 18.5 Å². The summed E-state index contributed by atoms with van der Waals surface area (Å²) in [5, 5.41) is 3.24. The Morgan fingerprint density at radius 2 is 1.89 bits per heavy atom. The van der Waals surface area contributed by atoms with Crippen LogP contribution in [0.4, 0.5) is 11.7 Å². The van der Waals surface area contributed by atoms with Gasteiger partial charge in [-0.2, -0.15) is 4.98 Å². The molecule has 0 bridgehead atoms. The SMILES string of the molecule is CC(Nc1nc2c(N)cccc2o1)c1ccccc1. The predicted octanol–water partition coefficient (Wildman–Crippen LogP) is 3.58. The fourth-order valence-electron chi connectivity index (χ4n) is 2.04. The van der Waals surface area contributed by atoms with Crippen molar-refractivity contribution >= 4 is 22.8 Å². The highest BCUT2D eigenvalue weighted by molar-refractivity contribution is 5.86. The zero-order valence-corrected chi connectivity index (χ0v) is 10.6. The van der Waals surface area contributed by atoms with E-state index in [9.17, 15) is 0 Å². The van der Waals surface area contributed by atoms with Gasteiger partial charge < -0.3 is 15.5 Å². The van der Waals surface area contributed by atoms with Gasteiger partial charge in [0.2, 0.25) is 0 Å². The monoisotopic (exact) mass is 253 g/mol. The third-order valence-electron chi connectivity index (χ3n) is 3.09. The first-order valence-electron chi connectivity index (χ1n) is 6.20. The van der Waals surface area contributed by atoms with Gasteiger partial charge in [0, 0.05) is 0 Å². The summed E-state index contributed by atoms with van der Waals surface area (Å²) in [6.07, 6.45) is 0. The normalized spacial score (nSPS) is 12.5. The number of nitrogens with one attached hydrogen (secondary N) is 1. The molecular weight excluding hydrogens is 238 g/mol. The topological polar surface area (TPSA) is 64.1 Å². The number of oxazole rings is 1. The Morgan fingerprint density at radius 3 is 2.63 bits per heavy atom. The minimum absolute atomic E-state index is 0.121. The van der Waals surface area contributed by atoms with E-state index in [2.05, 4.69) is 29.4 Å². The Kier molecular flexibility index (Phi) is 2.83. The number of aromatic nitrogens is 1. The van der Waals surface area contributed by atoms with Crippen LogP contribution in [0.2, 0.25) is 0 Å². The largest absolute Gasteiger partial charge is 0.423 e. The summed E-state index contributed by atoms with van der Waals surface area (Å²) in [6.45, 7) is 2.06. The molecule has 1 atom stereocenters. The second kappa shape index (κ2) is 4.65. The molecule has 19 heavy (non-hydrogen) atoms. The van der Waals surface area contributed by atoms with E-state index in [1.807, 2.05) is 36.4 Å². The lowest BCUT2D eigenvalue weighted by molar-refractivity contribution is 0.604. The van der Waals surface area contributed by atoms with Crippen molar-refractivity contribution in [3.63, 3.8) is 0 Å². The number of hydrogen-bond acceptors (Lipinski definition) is 4. The number of nitrogens with two attached hydrogens (primary N) is 1. The Labute approximate surface area is 111 Å². The number of hydrogen-bond donors (Lipinski definition) is 2. The molecule has 3 N–H and O–H groups in total. The summed E-state index contributed by atoms with van der Waals surface area (Å²) >= 11 is 0. The zero-order valence-electron chi connectivity index (χ0n) is 10.6. The van der Waals surface area contributed by atoms with Crippen LogP contribution in [0.5, 0.6) is 0 Å². The van der Waals surface area contributed by atoms with Crippen LogP contribution in [0.3, 0.4) is 0 Å². The molecular formula is C15H15N3O. The molecule has 0 aliphatic heterocycles. The fraction of sp³-hybridized carbons (Fsp3) is 0.133. The van der Waals surface area contributed by atoms with E-state index in [0.29, 0.717) is 22.8 Å². The molecule has 0 aliphatic rings. The minimum atomic E-state index is 0.121. The zero-order chi connectivity index (χ0) is 13.2. The van der Waals surface area contributed by atoms with Crippen molar-refractivity contribution in [3.8, 4) is 0 Å². The van der Waals surface area contributed by atoms with Crippen LogP contribution in [0.25, 0.3) is 11.1 Å². The Hall–Kier alpha value is -2.49. The van der Waals surface area contributed by atoms with Gasteiger partial charge in [-0.15, -0.1) is 0 Å². The van der Waals surface area contributed by atoms with Gasteiger partial charge in [0.25, 0.3) is 6.01 Å². The molecule has 1 unspecified atom stereocenters. The number of nitrogen functional groups attached to an aromatic ring is 1. The molecule has 0 fully saturated rings. The van der Waals surface area contributed by atoms with Crippen molar-refractivity contribution < 1.29 is 4.42 Å². The average Bonchev–Trinajstić information content (AvgIpc) is 2.84. The van der Waals surface area contributed by atoms with Crippen LogP contribution in [-0.4, -0.2) is 4.98 Å². The quantitative estimate of drug-likeness (QED) is 0.700. The van der Waals surface area contributed by atoms with Gasteiger partial charge in [0.1, 0.15) is 5.52 Å². The highest BCUT2D eigenvalue weighted by Crippen LogP contribution is 2.26. The van der Waals surface area contributed by atoms with Crippen LogP contribution in [0.15, 0.2) is 52.9 Å². The smallest absolute Gasteiger partial charge is 0.296 e. The molecule has 1 heterocycles. The molecule has 4 nitrogen and oxygen atoms in total. The summed E-state index contributed by atoms with van der Waals surface area (Å²) in [5.41, 5.74) is 9.06. The molecule has 0 amide bonds. The van der Waals surface area contributed by atoms with Gasteiger partial charge in [-0.1, -0.05) is 36.4 Å². The number of nitrogens with zero attached hydrogens (tertiary/aromatic N) is 1. The van der Waals surface area contributed by atoms with Crippen molar-refractivity contribution in [2.24, 2.45) is 0 Å². The minimum Gasteiger partial charge on any atom is -0.423 e. The summed E-state index contributed by atoms with van der Waals surface area (Å²) in [6, 6.07) is 16.3. The van der Waals surface area contributed by atoms with E-state index in [-0.39, 0.29) is 6.04 Å². The summed E-state index contributed by atoms with van der Waals surface area (Å²) < 4.78 is 5.64. The lowest BCUT2D eigenvalue weighted by Crippen LogP contribution is -2.06. The predicted molar refractivity (Wildman–Crippen MR) is 76.9 cm³/mol. The first kappa shape index (κ1) is 11.6. The van der Waals surface area contributed by atoms with E-state index in [1.54, 1.807) is 0 Å². The fourth-order valence-corrected chi connectivity index (χ4v) is 2.04. The lowest BCUT2D eigenvalue weighted by Gasteiger charge is -2.11. The summed E-state index contributed by atoms with van der Waals surface area (Å²) in [5.74, 6) is 0. The first-order valence-corrected chi connectivity index (χ1v) is 6.20. The highest BCUT2D eigenvalue weighted by atomic mass is 16.4. The molecule has 2 aromatic carbocycles. The molecule has 3 rings (SSSR count). The maximum atomic E-state index is 5.86. The second-order valence-electron chi connectivity index (χ2n) is 4.49. The molecule has 0 saturated carbocycles. The van der Waals surface area contributed by atoms with Crippen LogP contribution in [-0.2, 0) is 0 Å². The molecule has 0 aliphatic carbocycles. The van der Waals surface area contributed by atoms with Crippen LogP contribution in [0, 0.1) is 0 Å². The van der Waals surface area contributed by atoms with Gasteiger partial charge in [0.15, 0.2) is 5.58 Å². The molecule has 0 spiro atoms. The summed E-state index contributed by atoms with van der Waals surface area (Å²) in [7, 11) is 0. The second-order valence-corrected chi connectivity index (χ2v) is 4.49. The summed E-state index contributed by atoms with van der Waals surface area (Å²) in [4.78, 5) is 4.37. The average molecular weight is 253 g/mol. The van der Waals surface area contributed by atoms with Crippen molar-refractivity contribution in [2.45, 2.75) is 13.0 Å². The van der Waals surface area contributed by atoms with Crippen molar-refractivity contribution in [1.82, 2.24) is 4.98 Å². The Bertz CT molecular complexity index is 691. The standard InChI is InChI=1S/C15H15N3O/c1-10(11-6-3-2-4-7-11)17-15-18-14-12(16)8-5-9-13(14)19-15/h2-10H,16H2,1H3,(H,17,18). The third-order valence-corrected chi connectivity index (χ3v) is 3.09. The van der Waals surface area contributed by atoms with E-state index >= 15 is 0 Å². The van der Waals surface area contributed by atoms with E-state index in [1.165, 1.54) is 5.56 Å².